The van der Waals surface area contributed by atoms with E-state index in [1.165, 1.54) is 25.3 Å². The van der Waals surface area contributed by atoms with Crippen molar-refractivity contribution >= 4 is 18.0 Å². The Bertz CT molecular complexity index is 986. The van der Waals surface area contributed by atoms with Crippen LogP contribution in [-0.2, 0) is 21.0 Å². The van der Waals surface area contributed by atoms with E-state index in [2.05, 4.69) is 5.48 Å². The van der Waals surface area contributed by atoms with E-state index in [-0.39, 0.29) is 12.5 Å². The van der Waals surface area contributed by atoms with Crippen LogP contribution in [0.1, 0.15) is 43.2 Å². The van der Waals surface area contributed by atoms with E-state index in [9.17, 15) is 18.4 Å². The number of hydroxylamine groups is 1. The van der Waals surface area contributed by atoms with Crippen molar-refractivity contribution in [2.75, 3.05) is 7.11 Å². The molecule has 6 nitrogen and oxygen atoms in total. The van der Waals surface area contributed by atoms with E-state index < -0.39 is 23.5 Å². The van der Waals surface area contributed by atoms with E-state index in [1.54, 1.807) is 18.2 Å². The highest BCUT2D eigenvalue weighted by atomic mass is 19.2. The molecule has 1 fully saturated rings. The van der Waals surface area contributed by atoms with E-state index in [0.29, 0.717) is 22.6 Å². The molecule has 0 unspecified atom stereocenters. The van der Waals surface area contributed by atoms with Crippen LogP contribution in [0, 0.1) is 17.6 Å². The molecule has 0 spiro atoms. The van der Waals surface area contributed by atoms with Crippen molar-refractivity contribution in [2.45, 2.75) is 38.7 Å². The van der Waals surface area contributed by atoms with Crippen molar-refractivity contribution in [3.05, 3.63) is 65.2 Å². The second kappa shape index (κ2) is 11.3. The van der Waals surface area contributed by atoms with Crippen molar-refractivity contribution < 1.29 is 32.7 Å². The lowest BCUT2D eigenvalue weighted by Crippen LogP contribution is -2.30. The summed E-state index contributed by atoms with van der Waals surface area (Å²) in [6.45, 7) is 0.0253. The molecule has 0 aliphatic heterocycles. The molecule has 3 rings (SSSR count). The summed E-state index contributed by atoms with van der Waals surface area (Å²) in [6, 6.07) is 8.52. The Morgan fingerprint density at radius 2 is 1.81 bits per heavy atom. The molecule has 1 N–H and O–H groups in total. The minimum Gasteiger partial charge on any atom is -0.493 e. The van der Waals surface area contributed by atoms with Gasteiger partial charge in [-0.25, -0.2) is 13.6 Å². The number of methoxy groups -OCH3 is 1. The molecule has 1 aliphatic rings. The molecule has 0 saturated heterocycles. The third-order valence-corrected chi connectivity index (χ3v) is 5.18. The smallest absolute Gasteiger partial charge is 0.335 e. The van der Waals surface area contributed by atoms with E-state index in [1.807, 2.05) is 0 Å². The van der Waals surface area contributed by atoms with Gasteiger partial charge in [-0.05, 0) is 54.3 Å². The van der Waals surface area contributed by atoms with E-state index in [4.69, 9.17) is 14.3 Å². The van der Waals surface area contributed by atoms with Crippen molar-refractivity contribution in [1.29, 1.82) is 0 Å². The molecule has 2 aromatic rings. The number of nitrogens with one attached hydrogen (secondary N) is 1. The SMILES string of the molecule is COc1cc(C=CC(=O)NOC(=O)C2CCCCC2)ccc1OCc1ccc(F)c(F)c1. The van der Waals surface area contributed by atoms with Crippen molar-refractivity contribution in [1.82, 2.24) is 5.48 Å². The summed E-state index contributed by atoms with van der Waals surface area (Å²) in [5.74, 6) is -2.19. The predicted molar refractivity (Wildman–Crippen MR) is 114 cm³/mol. The first kappa shape index (κ1) is 23.2. The quantitative estimate of drug-likeness (QED) is 0.493. The number of halogens is 2. The highest BCUT2D eigenvalue weighted by Crippen LogP contribution is 2.29. The van der Waals surface area contributed by atoms with Crippen LogP contribution in [0.4, 0.5) is 8.78 Å². The maximum Gasteiger partial charge on any atom is 0.335 e. The van der Waals surface area contributed by atoms with Crippen LogP contribution in [0.2, 0.25) is 0 Å². The minimum atomic E-state index is -0.943. The number of carbonyl (C=O) groups excluding carboxylic acids is 2. The molecule has 2 aromatic carbocycles. The number of carbonyl (C=O) groups is 2. The number of hydrogen-bond donors (Lipinski definition) is 1. The third-order valence-electron chi connectivity index (χ3n) is 5.18. The zero-order chi connectivity index (χ0) is 22.9. The zero-order valence-corrected chi connectivity index (χ0v) is 17.7. The zero-order valence-electron chi connectivity index (χ0n) is 17.7. The first-order valence-electron chi connectivity index (χ1n) is 10.4. The standard InChI is InChI=1S/C24H25F2NO5/c1-30-22-14-16(8-11-21(22)31-15-17-7-10-19(25)20(26)13-17)9-12-23(28)27-32-24(29)18-5-3-2-4-6-18/h7-14,18H,2-6,15H2,1H3,(H,27,28). The summed E-state index contributed by atoms with van der Waals surface area (Å²) in [6.07, 6.45) is 7.46. The van der Waals surface area contributed by atoms with Crippen LogP contribution in [0.15, 0.2) is 42.5 Å². The largest absolute Gasteiger partial charge is 0.493 e. The van der Waals surface area contributed by atoms with Gasteiger partial charge < -0.3 is 14.3 Å². The van der Waals surface area contributed by atoms with E-state index >= 15 is 0 Å². The summed E-state index contributed by atoms with van der Waals surface area (Å²) >= 11 is 0. The van der Waals surface area contributed by atoms with Gasteiger partial charge in [0.05, 0.1) is 13.0 Å². The van der Waals surface area contributed by atoms with Crippen LogP contribution >= 0.6 is 0 Å². The number of hydrogen-bond acceptors (Lipinski definition) is 5. The predicted octanol–water partition coefficient (Wildman–Crippen LogP) is 4.72. The summed E-state index contributed by atoms with van der Waals surface area (Å²) in [5.41, 5.74) is 3.26. The monoisotopic (exact) mass is 445 g/mol. The van der Waals surface area contributed by atoms with Gasteiger partial charge in [0.25, 0.3) is 5.91 Å². The lowest BCUT2D eigenvalue weighted by Gasteiger charge is -2.19. The lowest BCUT2D eigenvalue weighted by molar-refractivity contribution is -0.161. The first-order chi connectivity index (χ1) is 15.5. The fraction of sp³-hybridized carbons (Fsp3) is 0.333. The summed E-state index contributed by atoms with van der Waals surface area (Å²) in [7, 11) is 1.46. The van der Waals surface area contributed by atoms with Crippen LogP contribution in [0.5, 0.6) is 11.5 Å². The van der Waals surface area contributed by atoms with Gasteiger partial charge in [0.15, 0.2) is 23.1 Å². The Labute approximate surface area is 185 Å². The third kappa shape index (κ3) is 6.54. The number of benzene rings is 2. The number of rotatable bonds is 7. The average Bonchev–Trinajstić information content (AvgIpc) is 2.82. The fourth-order valence-corrected chi connectivity index (χ4v) is 3.43. The number of ether oxygens (including phenoxy) is 2. The Hall–Kier alpha value is -3.42. The number of amides is 1. The molecule has 1 saturated carbocycles. The van der Waals surface area contributed by atoms with Crippen molar-refractivity contribution in [2.24, 2.45) is 5.92 Å². The Kier molecular flexibility index (Phi) is 8.19. The molecular formula is C24H25F2NO5. The molecular weight excluding hydrogens is 420 g/mol. The van der Waals surface area contributed by atoms with Crippen LogP contribution < -0.4 is 15.0 Å². The van der Waals surface area contributed by atoms with Gasteiger partial charge in [0, 0.05) is 6.08 Å². The second-order valence-corrected chi connectivity index (χ2v) is 7.50. The maximum atomic E-state index is 13.3. The molecule has 0 radical (unpaired) electrons. The fourth-order valence-electron chi connectivity index (χ4n) is 3.43. The Balaban J connectivity index is 1.53. The van der Waals surface area contributed by atoms with Crippen LogP contribution in [0.3, 0.4) is 0 Å². The minimum absolute atomic E-state index is 0.0253. The molecule has 0 atom stereocenters. The van der Waals surface area contributed by atoms with E-state index in [0.717, 1.165) is 44.2 Å². The average molecular weight is 445 g/mol. The Morgan fingerprint density at radius 1 is 1.03 bits per heavy atom. The van der Waals surface area contributed by atoms with Crippen LogP contribution in [0.25, 0.3) is 6.08 Å². The van der Waals surface area contributed by atoms with Crippen molar-refractivity contribution in [3.8, 4) is 11.5 Å². The summed E-state index contributed by atoms with van der Waals surface area (Å²) in [4.78, 5) is 28.8. The molecule has 8 heteroatoms. The Morgan fingerprint density at radius 3 is 2.53 bits per heavy atom. The highest BCUT2D eigenvalue weighted by molar-refractivity contribution is 5.92. The summed E-state index contributed by atoms with van der Waals surface area (Å²) < 4.78 is 37.3. The van der Waals surface area contributed by atoms with Crippen molar-refractivity contribution in [3.63, 3.8) is 0 Å². The highest BCUT2D eigenvalue weighted by Gasteiger charge is 2.23. The molecule has 170 valence electrons. The van der Waals surface area contributed by atoms with Gasteiger partial charge in [-0.1, -0.05) is 31.4 Å². The van der Waals surface area contributed by atoms with Gasteiger partial charge in [0.1, 0.15) is 6.61 Å². The molecule has 32 heavy (non-hydrogen) atoms. The molecule has 1 amide bonds. The second-order valence-electron chi connectivity index (χ2n) is 7.50. The topological polar surface area (TPSA) is 73.9 Å². The molecule has 0 aromatic heterocycles. The molecule has 0 heterocycles. The van der Waals surface area contributed by atoms with Gasteiger partial charge in [-0.15, -0.1) is 0 Å². The van der Waals surface area contributed by atoms with Crippen LogP contribution in [-0.4, -0.2) is 19.0 Å². The summed E-state index contributed by atoms with van der Waals surface area (Å²) in [5, 5.41) is 0. The first-order valence-corrected chi connectivity index (χ1v) is 10.4. The molecule has 0 bridgehead atoms. The lowest BCUT2D eigenvalue weighted by atomic mass is 9.89. The normalized spacial score (nSPS) is 14.2. The molecule has 1 aliphatic carbocycles. The maximum absolute atomic E-state index is 13.3. The van der Waals surface area contributed by atoms with Gasteiger partial charge in [0.2, 0.25) is 0 Å². The van der Waals surface area contributed by atoms with Gasteiger partial charge >= 0.3 is 5.97 Å². The van der Waals surface area contributed by atoms with Gasteiger partial charge in [-0.2, -0.15) is 5.48 Å². The van der Waals surface area contributed by atoms with Gasteiger partial charge in [-0.3, -0.25) is 4.79 Å².